The van der Waals surface area contributed by atoms with Crippen molar-refractivity contribution in [3.63, 3.8) is 0 Å². The number of aromatic nitrogens is 2. The Morgan fingerprint density at radius 3 is 2.73 bits per heavy atom. The van der Waals surface area contributed by atoms with Crippen LogP contribution in [0, 0.1) is 0 Å². The highest BCUT2D eigenvalue weighted by atomic mass is 15.3. The van der Waals surface area contributed by atoms with E-state index in [1.807, 2.05) is 23.1 Å². The molecule has 0 bridgehead atoms. The maximum Gasteiger partial charge on any atom is 0.0749 e. The van der Waals surface area contributed by atoms with Gasteiger partial charge in [-0.25, -0.2) is 0 Å². The summed E-state index contributed by atoms with van der Waals surface area (Å²) in [7, 11) is 0. The van der Waals surface area contributed by atoms with E-state index in [1.54, 1.807) is 0 Å². The minimum Gasteiger partial charge on any atom is -0.328 e. The van der Waals surface area contributed by atoms with Crippen LogP contribution in [0.2, 0.25) is 0 Å². The maximum atomic E-state index is 5.70. The van der Waals surface area contributed by atoms with E-state index in [0.29, 0.717) is 6.54 Å². The van der Waals surface area contributed by atoms with Gasteiger partial charge in [-0.1, -0.05) is 0 Å². The highest BCUT2D eigenvalue weighted by Gasteiger charge is 2.37. The van der Waals surface area contributed by atoms with Crippen molar-refractivity contribution in [2.24, 2.45) is 5.73 Å². The van der Waals surface area contributed by atoms with Gasteiger partial charge in [-0.15, -0.1) is 0 Å². The Morgan fingerprint density at radius 2 is 2.36 bits per heavy atom. The molecular weight excluding hydrogens is 138 g/mol. The molecule has 0 radical (unpaired) electrons. The summed E-state index contributed by atoms with van der Waals surface area (Å²) in [6.45, 7) is 0.717. The standard InChI is InChI=1S/C8H13N3/c9-7-8(3-1-4-8)11-6-2-5-10-11/h2,5-6H,1,3-4,7,9H2. The molecule has 0 spiro atoms. The highest BCUT2D eigenvalue weighted by Crippen LogP contribution is 2.37. The van der Waals surface area contributed by atoms with Crippen LogP contribution in [0.3, 0.4) is 0 Å². The molecule has 0 aromatic carbocycles. The Bertz CT molecular complexity index is 218. The third kappa shape index (κ3) is 0.878. The molecule has 60 valence electrons. The fraction of sp³-hybridized carbons (Fsp3) is 0.625. The molecule has 0 saturated heterocycles. The van der Waals surface area contributed by atoms with E-state index in [9.17, 15) is 0 Å². The largest absolute Gasteiger partial charge is 0.328 e. The van der Waals surface area contributed by atoms with Crippen molar-refractivity contribution in [1.29, 1.82) is 0 Å². The Kier molecular flexibility index (Phi) is 1.46. The topological polar surface area (TPSA) is 43.8 Å². The molecule has 0 aliphatic heterocycles. The molecule has 1 aromatic heterocycles. The van der Waals surface area contributed by atoms with E-state index < -0.39 is 0 Å². The fourth-order valence-electron chi connectivity index (χ4n) is 1.66. The van der Waals surface area contributed by atoms with Gasteiger partial charge in [-0.3, -0.25) is 4.68 Å². The van der Waals surface area contributed by atoms with Crippen LogP contribution < -0.4 is 5.73 Å². The third-order valence-corrected chi connectivity index (χ3v) is 2.65. The summed E-state index contributed by atoms with van der Waals surface area (Å²) in [5.74, 6) is 0. The molecule has 1 heterocycles. The SMILES string of the molecule is NCC1(n2cccn2)CCC1. The van der Waals surface area contributed by atoms with Crippen LogP contribution >= 0.6 is 0 Å². The molecule has 1 aliphatic rings. The van der Waals surface area contributed by atoms with Gasteiger partial charge >= 0.3 is 0 Å². The summed E-state index contributed by atoms with van der Waals surface area (Å²) in [4.78, 5) is 0. The molecule has 2 N–H and O–H groups in total. The van der Waals surface area contributed by atoms with Gasteiger partial charge in [-0.05, 0) is 25.3 Å². The molecule has 1 aromatic rings. The summed E-state index contributed by atoms with van der Waals surface area (Å²) < 4.78 is 2.01. The van der Waals surface area contributed by atoms with Crippen LogP contribution in [-0.2, 0) is 5.54 Å². The smallest absolute Gasteiger partial charge is 0.0749 e. The van der Waals surface area contributed by atoms with Crippen molar-refractivity contribution in [1.82, 2.24) is 9.78 Å². The molecule has 0 unspecified atom stereocenters. The molecule has 2 rings (SSSR count). The van der Waals surface area contributed by atoms with Crippen molar-refractivity contribution >= 4 is 0 Å². The lowest BCUT2D eigenvalue weighted by Crippen LogP contribution is -2.47. The number of hydrogen-bond acceptors (Lipinski definition) is 2. The summed E-state index contributed by atoms with van der Waals surface area (Å²) in [6.07, 6.45) is 7.48. The first-order valence-corrected chi connectivity index (χ1v) is 4.08. The number of rotatable bonds is 2. The Labute approximate surface area is 66.2 Å². The zero-order valence-corrected chi connectivity index (χ0v) is 6.53. The van der Waals surface area contributed by atoms with Gasteiger partial charge in [0.05, 0.1) is 5.54 Å². The van der Waals surface area contributed by atoms with Crippen molar-refractivity contribution in [3.8, 4) is 0 Å². The normalized spacial score (nSPS) is 21.2. The lowest BCUT2D eigenvalue weighted by molar-refractivity contribution is 0.135. The van der Waals surface area contributed by atoms with E-state index in [1.165, 1.54) is 19.3 Å². The molecular formula is C8H13N3. The highest BCUT2D eigenvalue weighted by molar-refractivity contribution is 4.96. The molecule has 1 aliphatic carbocycles. The Balaban J connectivity index is 2.25. The summed E-state index contributed by atoms with van der Waals surface area (Å²) in [5.41, 5.74) is 5.87. The van der Waals surface area contributed by atoms with Gasteiger partial charge < -0.3 is 5.73 Å². The molecule has 1 fully saturated rings. The van der Waals surface area contributed by atoms with Gasteiger partial charge in [0, 0.05) is 18.9 Å². The van der Waals surface area contributed by atoms with Crippen LogP contribution in [0.5, 0.6) is 0 Å². The monoisotopic (exact) mass is 151 g/mol. The molecule has 3 nitrogen and oxygen atoms in total. The van der Waals surface area contributed by atoms with Crippen LogP contribution in [-0.4, -0.2) is 16.3 Å². The van der Waals surface area contributed by atoms with E-state index in [-0.39, 0.29) is 5.54 Å². The maximum absolute atomic E-state index is 5.70. The van der Waals surface area contributed by atoms with Gasteiger partial charge in [0.15, 0.2) is 0 Å². The third-order valence-electron chi connectivity index (χ3n) is 2.65. The predicted molar refractivity (Wildman–Crippen MR) is 43.1 cm³/mol. The molecule has 11 heavy (non-hydrogen) atoms. The van der Waals surface area contributed by atoms with Crippen molar-refractivity contribution < 1.29 is 0 Å². The summed E-state index contributed by atoms with van der Waals surface area (Å²) >= 11 is 0. The Morgan fingerprint density at radius 1 is 1.55 bits per heavy atom. The second-order valence-corrected chi connectivity index (χ2v) is 3.23. The first-order valence-electron chi connectivity index (χ1n) is 4.08. The molecule has 0 atom stereocenters. The van der Waals surface area contributed by atoms with E-state index in [0.717, 1.165) is 0 Å². The first kappa shape index (κ1) is 6.85. The first-order chi connectivity index (χ1) is 5.37. The van der Waals surface area contributed by atoms with E-state index >= 15 is 0 Å². The van der Waals surface area contributed by atoms with Gasteiger partial charge in [0.2, 0.25) is 0 Å². The lowest BCUT2D eigenvalue weighted by Gasteiger charge is -2.41. The number of hydrogen-bond donors (Lipinski definition) is 1. The van der Waals surface area contributed by atoms with Crippen molar-refractivity contribution in [2.75, 3.05) is 6.54 Å². The minimum atomic E-state index is 0.170. The molecule has 3 heteroatoms. The fourth-order valence-corrected chi connectivity index (χ4v) is 1.66. The average molecular weight is 151 g/mol. The Hall–Kier alpha value is -0.830. The number of nitrogens with zero attached hydrogens (tertiary/aromatic N) is 2. The second kappa shape index (κ2) is 2.34. The predicted octanol–water partition coefficient (Wildman–Crippen LogP) is 0.721. The van der Waals surface area contributed by atoms with E-state index in [2.05, 4.69) is 5.10 Å². The van der Waals surface area contributed by atoms with Crippen molar-refractivity contribution in [2.45, 2.75) is 24.8 Å². The van der Waals surface area contributed by atoms with Crippen LogP contribution in [0.1, 0.15) is 19.3 Å². The second-order valence-electron chi connectivity index (χ2n) is 3.23. The van der Waals surface area contributed by atoms with Crippen molar-refractivity contribution in [3.05, 3.63) is 18.5 Å². The zero-order valence-electron chi connectivity index (χ0n) is 6.53. The van der Waals surface area contributed by atoms with Gasteiger partial charge in [-0.2, -0.15) is 5.10 Å². The summed E-state index contributed by atoms with van der Waals surface area (Å²) in [6, 6.07) is 1.95. The quantitative estimate of drug-likeness (QED) is 0.677. The van der Waals surface area contributed by atoms with Crippen LogP contribution in [0.4, 0.5) is 0 Å². The summed E-state index contributed by atoms with van der Waals surface area (Å²) in [5, 5.41) is 4.22. The van der Waals surface area contributed by atoms with Crippen LogP contribution in [0.25, 0.3) is 0 Å². The van der Waals surface area contributed by atoms with E-state index in [4.69, 9.17) is 5.73 Å². The van der Waals surface area contributed by atoms with Gasteiger partial charge in [0.1, 0.15) is 0 Å². The average Bonchev–Trinajstić information content (AvgIpc) is 2.39. The molecule has 0 amide bonds. The minimum absolute atomic E-state index is 0.170. The lowest BCUT2D eigenvalue weighted by atomic mass is 9.77. The zero-order chi connectivity index (χ0) is 7.73. The van der Waals surface area contributed by atoms with Gasteiger partial charge in [0.25, 0.3) is 0 Å². The van der Waals surface area contributed by atoms with Crippen LogP contribution in [0.15, 0.2) is 18.5 Å². The molecule has 1 saturated carbocycles. The number of nitrogens with two attached hydrogens (primary N) is 1.